The van der Waals surface area contributed by atoms with Gasteiger partial charge in [0.25, 0.3) is 0 Å². The van der Waals surface area contributed by atoms with E-state index in [9.17, 15) is 9.59 Å². The van der Waals surface area contributed by atoms with Crippen molar-refractivity contribution in [1.29, 1.82) is 0 Å². The lowest BCUT2D eigenvalue weighted by Crippen LogP contribution is -2.70. The van der Waals surface area contributed by atoms with Gasteiger partial charge in [-0.25, -0.2) is 0 Å². The van der Waals surface area contributed by atoms with Crippen molar-refractivity contribution in [3.8, 4) is 0 Å². The fourth-order valence-electron chi connectivity index (χ4n) is 2.60. The molecule has 1 heterocycles. The molecule has 1 N–H and O–H groups in total. The topological polar surface area (TPSA) is 49.4 Å². The van der Waals surface area contributed by atoms with E-state index >= 15 is 0 Å². The summed E-state index contributed by atoms with van der Waals surface area (Å²) in [6, 6.07) is -0.422. The van der Waals surface area contributed by atoms with E-state index in [0.29, 0.717) is 6.54 Å². The standard InChI is InChI=1S/C16H30N2O2/c1-7-8-9-10-11-18-13(19)12(15(2,3)4)17-14(20)16(18,5)6/h12H,7-11H2,1-6H3,(H,17,20). The summed E-state index contributed by atoms with van der Waals surface area (Å²) < 4.78 is 0. The minimum absolute atomic E-state index is 0.0486. The van der Waals surface area contributed by atoms with Gasteiger partial charge in [-0.1, -0.05) is 47.0 Å². The Bertz CT molecular complexity index is 369. The van der Waals surface area contributed by atoms with Crippen molar-refractivity contribution >= 4 is 11.8 Å². The van der Waals surface area contributed by atoms with Crippen LogP contribution in [0.2, 0.25) is 0 Å². The predicted molar refractivity (Wildman–Crippen MR) is 81.3 cm³/mol. The maximum atomic E-state index is 12.7. The van der Waals surface area contributed by atoms with Gasteiger partial charge in [0.15, 0.2) is 0 Å². The summed E-state index contributed by atoms with van der Waals surface area (Å²) >= 11 is 0. The summed E-state index contributed by atoms with van der Waals surface area (Å²) in [7, 11) is 0. The van der Waals surface area contributed by atoms with Crippen molar-refractivity contribution in [3.05, 3.63) is 0 Å². The number of nitrogens with one attached hydrogen (secondary N) is 1. The molecule has 116 valence electrons. The van der Waals surface area contributed by atoms with Crippen LogP contribution in [0.3, 0.4) is 0 Å². The van der Waals surface area contributed by atoms with Crippen molar-refractivity contribution in [2.45, 2.75) is 78.8 Å². The lowest BCUT2D eigenvalue weighted by Gasteiger charge is -2.47. The van der Waals surface area contributed by atoms with E-state index in [4.69, 9.17) is 0 Å². The molecular weight excluding hydrogens is 252 g/mol. The average Bonchev–Trinajstić information content (AvgIpc) is 2.31. The Balaban J connectivity index is 2.85. The lowest BCUT2D eigenvalue weighted by molar-refractivity contribution is -0.158. The van der Waals surface area contributed by atoms with Gasteiger partial charge >= 0.3 is 0 Å². The third kappa shape index (κ3) is 3.53. The molecule has 0 spiro atoms. The number of carbonyl (C=O) groups excluding carboxylic acids is 2. The highest BCUT2D eigenvalue weighted by Crippen LogP contribution is 2.29. The number of rotatable bonds is 5. The first kappa shape index (κ1) is 17.0. The van der Waals surface area contributed by atoms with Gasteiger partial charge in [-0.05, 0) is 25.7 Å². The van der Waals surface area contributed by atoms with Crippen LogP contribution in [0.15, 0.2) is 0 Å². The monoisotopic (exact) mass is 282 g/mol. The fraction of sp³-hybridized carbons (Fsp3) is 0.875. The lowest BCUT2D eigenvalue weighted by atomic mass is 9.81. The maximum Gasteiger partial charge on any atom is 0.246 e. The first-order chi connectivity index (χ1) is 9.12. The van der Waals surface area contributed by atoms with Crippen LogP contribution in [0.25, 0.3) is 0 Å². The van der Waals surface area contributed by atoms with Gasteiger partial charge in [0.05, 0.1) is 0 Å². The molecule has 0 aromatic carbocycles. The first-order valence-electron chi connectivity index (χ1n) is 7.74. The zero-order chi connectivity index (χ0) is 15.6. The highest BCUT2D eigenvalue weighted by Gasteiger charge is 2.49. The van der Waals surface area contributed by atoms with Crippen LogP contribution in [0, 0.1) is 5.41 Å². The zero-order valence-corrected chi connectivity index (χ0v) is 13.9. The Hall–Kier alpha value is -1.06. The summed E-state index contributed by atoms with van der Waals surface area (Å²) in [5.74, 6) is 0.00566. The van der Waals surface area contributed by atoms with Crippen LogP contribution >= 0.6 is 0 Å². The molecule has 20 heavy (non-hydrogen) atoms. The molecule has 2 amide bonds. The summed E-state index contributed by atoms with van der Waals surface area (Å²) in [6.07, 6.45) is 4.42. The number of amides is 2. The van der Waals surface area contributed by atoms with Crippen molar-refractivity contribution in [2.75, 3.05) is 6.54 Å². The van der Waals surface area contributed by atoms with E-state index in [0.717, 1.165) is 12.8 Å². The van der Waals surface area contributed by atoms with E-state index in [-0.39, 0.29) is 17.2 Å². The molecule has 0 radical (unpaired) electrons. The number of hydrogen-bond donors (Lipinski definition) is 1. The molecular formula is C16H30N2O2. The molecule has 0 aromatic heterocycles. The summed E-state index contributed by atoms with van der Waals surface area (Å²) in [5, 5.41) is 2.90. The summed E-state index contributed by atoms with van der Waals surface area (Å²) in [6.45, 7) is 12.5. The minimum atomic E-state index is -0.745. The maximum absolute atomic E-state index is 12.7. The molecule has 1 saturated heterocycles. The predicted octanol–water partition coefficient (Wildman–Crippen LogP) is 2.72. The van der Waals surface area contributed by atoms with E-state index in [2.05, 4.69) is 12.2 Å². The highest BCUT2D eigenvalue weighted by molar-refractivity contribution is 5.99. The molecule has 0 saturated carbocycles. The number of unbranched alkanes of at least 4 members (excludes halogenated alkanes) is 3. The van der Waals surface area contributed by atoms with Crippen molar-refractivity contribution < 1.29 is 9.59 Å². The molecule has 4 heteroatoms. The molecule has 4 nitrogen and oxygen atoms in total. The highest BCUT2D eigenvalue weighted by atomic mass is 16.2. The average molecular weight is 282 g/mol. The van der Waals surface area contributed by atoms with Crippen molar-refractivity contribution in [1.82, 2.24) is 10.2 Å². The number of carbonyl (C=O) groups is 2. The normalized spacial score (nSPS) is 22.9. The Morgan fingerprint density at radius 3 is 2.25 bits per heavy atom. The zero-order valence-electron chi connectivity index (χ0n) is 13.9. The van der Waals surface area contributed by atoms with Crippen LogP contribution in [0.5, 0.6) is 0 Å². The van der Waals surface area contributed by atoms with Crippen molar-refractivity contribution in [2.24, 2.45) is 5.41 Å². The second-order valence-electron chi connectivity index (χ2n) is 7.38. The van der Waals surface area contributed by atoms with Gasteiger partial charge in [-0.3, -0.25) is 9.59 Å². The second-order valence-corrected chi connectivity index (χ2v) is 7.38. The Morgan fingerprint density at radius 1 is 1.15 bits per heavy atom. The molecule has 0 bridgehead atoms. The van der Waals surface area contributed by atoms with E-state index < -0.39 is 11.6 Å². The molecule has 1 aliphatic heterocycles. The van der Waals surface area contributed by atoms with Gasteiger partial charge in [-0.2, -0.15) is 0 Å². The van der Waals surface area contributed by atoms with E-state index in [1.807, 2.05) is 34.6 Å². The van der Waals surface area contributed by atoms with Gasteiger partial charge < -0.3 is 10.2 Å². The molecule has 1 rings (SSSR count). The van der Waals surface area contributed by atoms with E-state index in [1.54, 1.807) is 4.90 Å². The SMILES string of the molecule is CCCCCCN1C(=O)C(C(C)(C)C)NC(=O)C1(C)C. The van der Waals surface area contributed by atoms with Gasteiger partial charge in [-0.15, -0.1) is 0 Å². The second kappa shape index (κ2) is 6.15. The molecule has 1 fully saturated rings. The number of hydrogen-bond acceptors (Lipinski definition) is 2. The minimum Gasteiger partial charge on any atom is -0.342 e. The van der Waals surface area contributed by atoms with Crippen molar-refractivity contribution in [3.63, 3.8) is 0 Å². The largest absolute Gasteiger partial charge is 0.342 e. The van der Waals surface area contributed by atoms with Crippen LogP contribution in [-0.4, -0.2) is 34.8 Å². The smallest absolute Gasteiger partial charge is 0.246 e. The van der Waals surface area contributed by atoms with Crippen LogP contribution in [0.4, 0.5) is 0 Å². The molecule has 1 atom stereocenters. The molecule has 0 aliphatic carbocycles. The Kier molecular flexibility index (Phi) is 5.22. The quantitative estimate of drug-likeness (QED) is 0.788. The number of nitrogens with zero attached hydrogens (tertiary/aromatic N) is 1. The first-order valence-corrected chi connectivity index (χ1v) is 7.74. The third-order valence-electron chi connectivity index (χ3n) is 4.12. The fourth-order valence-corrected chi connectivity index (χ4v) is 2.60. The summed E-state index contributed by atoms with van der Waals surface area (Å²) in [5.41, 5.74) is -1.00. The molecule has 0 aromatic rings. The van der Waals surface area contributed by atoms with Gasteiger partial charge in [0.2, 0.25) is 11.8 Å². The van der Waals surface area contributed by atoms with Crippen LogP contribution in [0.1, 0.15) is 67.2 Å². The Morgan fingerprint density at radius 2 is 1.75 bits per heavy atom. The Labute approximate surface area is 123 Å². The van der Waals surface area contributed by atoms with Crippen LogP contribution in [-0.2, 0) is 9.59 Å². The van der Waals surface area contributed by atoms with Gasteiger partial charge in [0.1, 0.15) is 11.6 Å². The third-order valence-corrected chi connectivity index (χ3v) is 4.12. The molecule has 1 aliphatic rings. The van der Waals surface area contributed by atoms with Crippen LogP contribution < -0.4 is 5.32 Å². The summed E-state index contributed by atoms with van der Waals surface area (Å²) in [4.78, 5) is 26.8. The molecule has 1 unspecified atom stereocenters. The van der Waals surface area contributed by atoms with E-state index in [1.165, 1.54) is 12.8 Å². The van der Waals surface area contributed by atoms with Gasteiger partial charge in [0, 0.05) is 6.54 Å². The number of piperazine rings is 1.